The SMILES string of the molecule is CC(C)c1cc2c(NC3CCCN(C)C3)nccn2n1. The van der Waals surface area contributed by atoms with Gasteiger partial charge in [-0.2, -0.15) is 5.10 Å². The van der Waals surface area contributed by atoms with E-state index in [9.17, 15) is 0 Å². The highest BCUT2D eigenvalue weighted by molar-refractivity contribution is 5.68. The Morgan fingerprint density at radius 3 is 3.00 bits per heavy atom. The molecule has 0 radical (unpaired) electrons. The van der Waals surface area contributed by atoms with Crippen LogP contribution in [-0.2, 0) is 0 Å². The summed E-state index contributed by atoms with van der Waals surface area (Å²) in [6.07, 6.45) is 6.18. The third-order valence-corrected chi connectivity index (χ3v) is 3.97. The van der Waals surface area contributed by atoms with Crippen LogP contribution in [0.25, 0.3) is 5.52 Å². The number of anilines is 1. The van der Waals surface area contributed by atoms with E-state index < -0.39 is 0 Å². The lowest BCUT2D eigenvalue weighted by Crippen LogP contribution is -2.39. The van der Waals surface area contributed by atoms with Crippen molar-refractivity contribution < 1.29 is 0 Å². The van der Waals surface area contributed by atoms with E-state index in [1.54, 1.807) is 0 Å². The summed E-state index contributed by atoms with van der Waals surface area (Å²) < 4.78 is 1.93. The van der Waals surface area contributed by atoms with Crippen molar-refractivity contribution in [3.8, 4) is 0 Å². The second-order valence-corrected chi connectivity index (χ2v) is 6.08. The first kappa shape index (κ1) is 13.4. The summed E-state index contributed by atoms with van der Waals surface area (Å²) in [5, 5.41) is 8.20. The number of nitrogens with zero attached hydrogens (tertiary/aromatic N) is 4. The van der Waals surface area contributed by atoms with Crippen LogP contribution in [0.1, 0.15) is 38.3 Å². The van der Waals surface area contributed by atoms with Gasteiger partial charge in [-0.05, 0) is 38.4 Å². The van der Waals surface area contributed by atoms with Gasteiger partial charge in [-0.25, -0.2) is 9.50 Å². The summed E-state index contributed by atoms with van der Waals surface area (Å²) >= 11 is 0. The lowest BCUT2D eigenvalue weighted by molar-refractivity contribution is 0.261. The number of fused-ring (bicyclic) bond motifs is 1. The lowest BCUT2D eigenvalue weighted by Gasteiger charge is -2.30. The highest BCUT2D eigenvalue weighted by atomic mass is 15.2. The normalized spacial score (nSPS) is 20.7. The molecule has 20 heavy (non-hydrogen) atoms. The zero-order valence-corrected chi connectivity index (χ0v) is 12.5. The van der Waals surface area contributed by atoms with E-state index in [1.807, 2.05) is 16.9 Å². The molecule has 1 atom stereocenters. The molecule has 0 amide bonds. The van der Waals surface area contributed by atoms with Crippen LogP contribution in [0.5, 0.6) is 0 Å². The van der Waals surface area contributed by atoms with Crippen molar-refractivity contribution in [2.75, 3.05) is 25.5 Å². The van der Waals surface area contributed by atoms with Gasteiger partial charge in [-0.3, -0.25) is 0 Å². The Kier molecular flexibility index (Phi) is 3.61. The van der Waals surface area contributed by atoms with Crippen LogP contribution in [0.4, 0.5) is 5.82 Å². The van der Waals surface area contributed by atoms with Gasteiger partial charge in [-0.15, -0.1) is 0 Å². The van der Waals surface area contributed by atoms with Crippen LogP contribution in [0.2, 0.25) is 0 Å². The fourth-order valence-corrected chi connectivity index (χ4v) is 2.81. The van der Waals surface area contributed by atoms with Gasteiger partial charge in [0.05, 0.1) is 5.69 Å². The number of rotatable bonds is 3. The van der Waals surface area contributed by atoms with Gasteiger partial charge in [0.15, 0.2) is 5.82 Å². The monoisotopic (exact) mass is 273 g/mol. The Morgan fingerprint density at radius 2 is 2.25 bits per heavy atom. The van der Waals surface area contributed by atoms with E-state index in [2.05, 4.69) is 47.3 Å². The minimum absolute atomic E-state index is 0.434. The van der Waals surface area contributed by atoms with Crippen LogP contribution in [-0.4, -0.2) is 45.7 Å². The largest absolute Gasteiger partial charge is 0.364 e. The van der Waals surface area contributed by atoms with Gasteiger partial charge >= 0.3 is 0 Å². The Morgan fingerprint density at radius 1 is 1.40 bits per heavy atom. The second kappa shape index (κ2) is 5.40. The summed E-state index contributed by atoms with van der Waals surface area (Å²) in [4.78, 5) is 6.88. The molecule has 5 nitrogen and oxygen atoms in total. The van der Waals surface area contributed by atoms with Gasteiger partial charge in [0, 0.05) is 25.0 Å². The predicted octanol–water partition coefficient (Wildman–Crippen LogP) is 2.36. The minimum Gasteiger partial charge on any atom is -0.364 e. The van der Waals surface area contributed by atoms with E-state index in [0.29, 0.717) is 12.0 Å². The van der Waals surface area contributed by atoms with Crippen LogP contribution >= 0.6 is 0 Å². The first-order chi connectivity index (χ1) is 9.63. The number of hydrogen-bond acceptors (Lipinski definition) is 4. The molecule has 3 rings (SSSR count). The smallest absolute Gasteiger partial charge is 0.152 e. The highest BCUT2D eigenvalue weighted by Crippen LogP contribution is 2.21. The summed E-state index contributed by atoms with van der Waals surface area (Å²) in [5.74, 6) is 1.38. The predicted molar refractivity (Wildman–Crippen MR) is 81.2 cm³/mol. The molecule has 1 N–H and O–H groups in total. The lowest BCUT2D eigenvalue weighted by atomic mass is 10.1. The van der Waals surface area contributed by atoms with Crippen molar-refractivity contribution in [2.24, 2.45) is 0 Å². The molecule has 1 aliphatic rings. The molecule has 0 spiro atoms. The quantitative estimate of drug-likeness (QED) is 0.932. The molecular weight excluding hydrogens is 250 g/mol. The third kappa shape index (κ3) is 2.63. The van der Waals surface area contributed by atoms with Crippen LogP contribution in [0, 0.1) is 0 Å². The maximum Gasteiger partial charge on any atom is 0.152 e. The van der Waals surface area contributed by atoms with Gasteiger partial charge < -0.3 is 10.2 Å². The Labute approximate surface area is 120 Å². The number of aromatic nitrogens is 3. The van der Waals surface area contributed by atoms with Gasteiger partial charge in [-0.1, -0.05) is 13.8 Å². The van der Waals surface area contributed by atoms with Crippen LogP contribution in [0.15, 0.2) is 18.5 Å². The van der Waals surface area contributed by atoms with E-state index >= 15 is 0 Å². The third-order valence-electron chi connectivity index (χ3n) is 3.97. The molecule has 2 aromatic heterocycles. The molecule has 1 fully saturated rings. The molecule has 0 aliphatic carbocycles. The first-order valence-corrected chi connectivity index (χ1v) is 7.43. The molecule has 1 unspecified atom stereocenters. The molecule has 2 aromatic rings. The fourth-order valence-electron chi connectivity index (χ4n) is 2.81. The average molecular weight is 273 g/mol. The van der Waals surface area contributed by atoms with Crippen molar-refractivity contribution in [1.29, 1.82) is 0 Å². The van der Waals surface area contributed by atoms with Crippen molar-refractivity contribution in [3.63, 3.8) is 0 Å². The molecule has 3 heterocycles. The number of piperidine rings is 1. The standard InChI is InChI=1S/C15H23N5/c1-11(2)13-9-14-15(16-6-8-20(14)18-13)17-12-5-4-7-19(3)10-12/h6,8-9,11-12H,4-5,7,10H2,1-3H3,(H,16,17). The number of likely N-dealkylation sites (N-methyl/N-ethyl adjacent to an activating group) is 1. The van der Waals surface area contributed by atoms with Gasteiger partial charge in [0.1, 0.15) is 5.52 Å². The Hall–Kier alpha value is -1.62. The number of nitrogens with one attached hydrogen (secondary N) is 1. The van der Waals surface area contributed by atoms with E-state index in [-0.39, 0.29) is 0 Å². The summed E-state index contributed by atoms with van der Waals surface area (Å²) in [6.45, 7) is 6.60. The van der Waals surface area contributed by atoms with Crippen LogP contribution in [0.3, 0.4) is 0 Å². The summed E-state index contributed by atoms with van der Waals surface area (Å²) in [5.41, 5.74) is 2.19. The maximum atomic E-state index is 4.61. The van der Waals surface area contributed by atoms with Crippen molar-refractivity contribution in [1.82, 2.24) is 19.5 Å². The van der Waals surface area contributed by atoms with Crippen molar-refractivity contribution in [2.45, 2.75) is 38.6 Å². The topological polar surface area (TPSA) is 45.5 Å². The maximum absolute atomic E-state index is 4.61. The highest BCUT2D eigenvalue weighted by Gasteiger charge is 2.18. The zero-order valence-electron chi connectivity index (χ0n) is 12.5. The summed E-state index contributed by atoms with van der Waals surface area (Å²) in [6, 6.07) is 2.62. The van der Waals surface area contributed by atoms with Crippen LogP contribution < -0.4 is 5.32 Å². The molecule has 0 aromatic carbocycles. The van der Waals surface area contributed by atoms with E-state index in [4.69, 9.17) is 0 Å². The van der Waals surface area contributed by atoms with E-state index in [1.165, 1.54) is 19.4 Å². The molecular formula is C15H23N5. The molecule has 0 bridgehead atoms. The Bertz CT molecular complexity index is 589. The fraction of sp³-hybridized carbons (Fsp3) is 0.600. The van der Waals surface area contributed by atoms with Gasteiger partial charge in [0.25, 0.3) is 0 Å². The van der Waals surface area contributed by atoms with Crippen molar-refractivity contribution >= 4 is 11.3 Å². The van der Waals surface area contributed by atoms with Crippen molar-refractivity contribution in [3.05, 3.63) is 24.2 Å². The zero-order chi connectivity index (χ0) is 14.1. The average Bonchev–Trinajstić information content (AvgIpc) is 2.84. The minimum atomic E-state index is 0.434. The van der Waals surface area contributed by atoms with Gasteiger partial charge in [0.2, 0.25) is 0 Å². The molecule has 1 aliphatic heterocycles. The number of likely N-dealkylation sites (tertiary alicyclic amines) is 1. The van der Waals surface area contributed by atoms with E-state index in [0.717, 1.165) is 23.6 Å². The molecule has 108 valence electrons. The summed E-state index contributed by atoms with van der Waals surface area (Å²) in [7, 11) is 2.18. The Balaban J connectivity index is 1.87. The molecule has 1 saturated heterocycles. The first-order valence-electron chi connectivity index (χ1n) is 7.43. The molecule has 0 saturated carbocycles. The molecule has 5 heteroatoms. The number of hydrogen-bond donors (Lipinski definition) is 1. The second-order valence-electron chi connectivity index (χ2n) is 6.08.